The maximum Gasteiger partial charge on any atom is 0.193 e. The highest BCUT2D eigenvalue weighted by Gasteiger charge is 2.15. The van der Waals surface area contributed by atoms with Crippen molar-refractivity contribution in [1.29, 1.82) is 0 Å². The minimum atomic E-state index is -0.152. The van der Waals surface area contributed by atoms with Crippen LogP contribution in [-0.2, 0) is 4.74 Å². The largest absolute Gasteiger partial charge is 0.381 e. The van der Waals surface area contributed by atoms with Crippen molar-refractivity contribution < 1.29 is 9.13 Å². The van der Waals surface area contributed by atoms with Crippen LogP contribution in [0.15, 0.2) is 34.2 Å². The number of nitrogens with one attached hydrogen (secondary N) is 1. The van der Waals surface area contributed by atoms with Crippen LogP contribution < -0.4 is 5.32 Å². The Kier molecular flexibility index (Phi) is 11.5. The predicted molar refractivity (Wildman–Crippen MR) is 115 cm³/mol. The number of hydrogen-bond acceptors (Lipinski definition) is 3. The Morgan fingerprint density at radius 1 is 1.36 bits per heavy atom. The molecule has 1 aromatic rings. The zero-order valence-electron chi connectivity index (χ0n) is 15.0. The molecular weight excluding hydrogens is 452 g/mol. The number of rotatable bonds is 7. The third kappa shape index (κ3) is 8.13. The third-order valence-corrected chi connectivity index (χ3v) is 5.32. The Labute approximate surface area is 172 Å². The first-order valence-corrected chi connectivity index (χ1v) is 9.56. The standard InChI is InChI=1S/C18H28FN3OS.HI/c1-20-18(22(2)11-7-15-8-12-23-13-9-15)21-10-14-24-17-6-4-3-5-16(17)19;/h3-6,15H,7-14H2,1-2H3,(H,20,21);1H. The van der Waals surface area contributed by atoms with Crippen LogP contribution in [0.3, 0.4) is 0 Å². The molecule has 7 heteroatoms. The molecule has 0 unspecified atom stereocenters. The lowest BCUT2D eigenvalue weighted by Crippen LogP contribution is -2.40. The van der Waals surface area contributed by atoms with Gasteiger partial charge in [0.2, 0.25) is 0 Å². The maximum absolute atomic E-state index is 13.6. The predicted octanol–water partition coefficient (Wildman–Crippen LogP) is 3.86. The molecule has 1 aliphatic heterocycles. The quantitative estimate of drug-likeness (QED) is 0.211. The van der Waals surface area contributed by atoms with Crippen molar-refractivity contribution in [1.82, 2.24) is 10.2 Å². The number of halogens is 2. The Balaban J connectivity index is 0.00000312. The summed E-state index contributed by atoms with van der Waals surface area (Å²) in [5.41, 5.74) is 0. The number of nitrogens with zero attached hydrogens (tertiary/aromatic N) is 2. The zero-order valence-corrected chi connectivity index (χ0v) is 18.2. The molecule has 0 atom stereocenters. The lowest BCUT2D eigenvalue weighted by Gasteiger charge is -2.26. The van der Waals surface area contributed by atoms with Crippen molar-refractivity contribution in [3.63, 3.8) is 0 Å². The molecular formula is C18H29FIN3OS. The minimum Gasteiger partial charge on any atom is -0.381 e. The van der Waals surface area contributed by atoms with Gasteiger partial charge in [0, 0.05) is 51.0 Å². The summed E-state index contributed by atoms with van der Waals surface area (Å²) in [5, 5.41) is 3.35. The number of guanidine groups is 1. The summed E-state index contributed by atoms with van der Waals surface area (Å²) in [6, 6.07) is 6.89. The van der Waals surface area contributed by atoms with Gasteiger partial charge in [-0.2, -0.15) is 0 Å². The monoisotopic (exact) mass is 481 g/mol. The van der Waals surface area contributed by atoms with Crippen molar-refractivity contribution in [2.24, 2.45) is 10.9 Å². The molecule has 1 heterocycles. The Morgan fingerprint density at radius 2 is 2.08 bits per heavy atom. The van der Waals surface area contributed by atoms with Crippen molar-refractivity contribution in [2.75, 3.05) is 46.2 Å². The minimum absolute atomic E-state index is 0. The van der Waals surface area contributed by atoms with E-state index in [4.69, 9.17) is 4.74 Å². The van der Waals surface area contributed by atoms with Crippen LogP contribution in [0.5, 0.6) is 0 Å². The lowest BCUT2D eigenvalue weighted by molar-refractivity contribution is 0.0625. The van der Waals surface area contributed by atoms with E-state index in [1.165, 1.54) is 37.1 Å². The number of hydrogen-bond donors (Lipinski definition) is 1. The third-order valence-electron chi connectivity index (χ3n) is 4.27. The number of ether oxygens (including phenoxy) is 1. The number of thioether (sulfide) groups is 1. The summed E-state index contributed by atoms with van der Waals surface area (Å²) in [7, 11) is 3.87. The van der Waals surface area contributed by atoms with E-state index >= 15 is 0 Å². The van der Waals surface area contributed by atoms with Gasteiger partial charge in [0.05, 0.1) is 0 Å². The number of benzene rings is 1. The fourth-order valence-electron chi connectivity index (χ4n) is 2.79. The SMILES string of the molecule is CN=C(NCCSc1ccccc1F)N(C)CCC1CCOCC1.I. The van der Waals surface area contributed by atoms with Gasteiger partial charge in [0.1, 0.15) is 5.82 Å². The molecule has 1 fully saturated rings. The molecule has 1 saturated heterocycles. The van der Waals surface area contributed by atoms with Crippen molar-refractivity contribution in [3.05, 3.63) is 30.1 Å². The van der Waals surface area contributed by atoms with Gasteiger partial charge < -0.3 is 15.0 Å². The second-order valence-electron chi connectivity index (χ2n) is 6.02. The van der Waals surface area contributed by atoms with E-state index < -0.39 is 0 Å². The van der Waals surface area contributed by atoms with Gasteiger partial charge in [-0.3, -0.25) is 4.99 Å². The molecule has 0 amide bonds. The van der Waals surface area contributed by atoms with Crippen LogP contribution in [0.4, 0.5) is 4.39 Å². The van der Waals surface area contributed by atoms with E-state index in [2.05, 4.69) is 22.3 Å². The summed E-state index contributed by atoms with van der Waals surface area (Å²) in [6.45, 7) is 3.54. The second-order valence-corrected chi connectivity index (χ2v) is 7.16. The molecule has 1 N–H and O–H groups in total. The molecule has 0 spiro atoms. The van der Waals surface area contributed by atoms with Gasteiger partial charge in [-0.25, -0.2) is 4.39 Å². The topological polar surface area (TPSA) is 36.9 Å². The smallest absolute Gasteiger partial charge is 0.193 e. The van der Waals surface area contributed by atoms with Crippen LogP contribution in [0, 0.1) is 11.7 Å². The second kappa shape index (κ2) is 12.8. The molecule has 0 bridgehead atoms. The highest BCUT2D eigenvalue weighted by atomic mass is 127. The van der Waals surface area contributed by atoms with Gasteiger partial charge in [0.15, 0.2) is 5.96 Å². The van der Waals surface area contributed by atoms with E-state index in [0.29, 0.717) is 4.90 Å². The summed E-state index contributed by atoms with van der Waals surface area (Å²) in [4.78, 5) is 7.20. The van der Waals surface area contributed by atoms with Gasteiger partial charge in [-0.1, -0.05) is 12.1 Å². The van der Waals surface area contributed by atoms with Crippen molar-refractivity contribution >= 4 is 41.7 Å². The Morgan fingerprint density at radius 3 is 2.76 bits per heavy atom. The highest BCUT2D eigenvalue weighted by Crippen LogP contribution is 2.20. The van der Waals surface area contributed by atoms with Crippen molar-refractivity contribution in [3.8, 4) is 0 Å². The first-order valence-electron chi connectivity index (χ1n) is 8.57. The van der Waals surface area contributed by atoms with Crippen LogP contribution >= 0.6 is 35.7 Å². The van der Waals surface area contributed by atoms with Gasteiger partial charge in [-0.15, -0.1) is 35.7 Å². The Bertz CT molecular complexity index is 527. The molecule has 0 radical (unpaired) electrons. The summed E-state index contributed by atoms with van der Waals surface area (Å²) in [5.74, 6) is 2.31. The highest BCUT2D eigenvalue weighted by molar-refractivity contribution is 14.0. The van der Waals surface area contributed by atoms with E-state index in [1.807, 2.05) is 12.1 Å². The first-order chi connectivity index (χ1) is 11.7. The summed E-state index contributed by atoms with van der Waals surface area (Å²) >= 11 is 1.52. The maximum atomic E-state index is 13.6. The Hall–Kier alpha value is -0.540. The molecule has 0 saturated carbocycles. The van der Waals surface area contributed by atoms with E-state index in [0.717, 1.165) is 43.9 Å². The first kappa shape index (κ1) is 22.5. The fourth-order valence-corrected chi connectivity index (χ4v) is 3.59. The normalized spacial score (nSPS) is 15.6. The summed E-state index contributed by atoms with van der Waals surface area (Å²) in [6.07, 6.45) is 3.50. The lowest BCUT2D eigenvalue weighted by atomic mass is 9.96. The van der Waals surface area contributed by atoms with Crippen LogP contribution in [0.25, 0.3) is 0 Å². The molecule has 4 nitrogen and oxygen atoms in total. The van der Waals surface area contributed by atoms with E-state index in [1.54, 1.807) is 13.1 Å². The molecule has 25 heavy (non-hydrogen) atoms. The molecule has 0 aromatic heterocycles. The van der Waals surface area contributed by atoms with E-state index in [-0.39, 0.29) is 29.8 Å². The molecule has 2 rings (SSSR count). The molecule has 1 aliphatic rings. The van der Waals surface area contributed by atoms with Crippen molar-refractivity contribution in [2.45, 2.75) is 24.2 Å². The number of aliphatic imine (C=N–C) groups is 1. The van der Waals surface area contributed by atoms with Gasteiger partial charge in [0.25, 0.3) is 0 Å². The average Bonchev–Trinajstić information content (AvgIpc) is 2.62. The van der Waals surface area contributed by atoms with Gasteiger partial charge >= 0.3 is 0 Å². The average molecular weight is 481 g/mol. The molecule has 0 aliphatic carbocycles. The molecule has 142 valence electrons. The zero-order chi connectivity index (χ0) is 17.2. The molecule has 1 aromatic carbocycles. The fraction of sp³-hybridized carbons (Fsp3) is 0.611. The van der Waals surface area contributed by atoms with E-state index in [9.17, 15) is 4.39 Å². The van der Waals surface area contributed by atoms with Crippen LogP contribution in [0.2, 0.25) is 0 Å². The van der Waals surface area contributed by atoms with Gasteiger partial charge in [-0.05, 0) is 37.3 Å². The van der Waals surface area contributed by atoms with Crippen LogP contribution in [0.1, 0.15) is 19.3 Å². The van der Waals surface area contributed by atoms with Crippen LogP contribution in [-0.4, -0.2) is 57.0 Å². The summed E-state index contributed by atoms with van der Waals surface area (Å²) < 4.78 is 19.0.